The van der Waals surface area contributed by atoms with Crippen LogP contribution >= 0.6 is 10.7 Å². The van der Waals surface area contributed by atoms with Crippen LogP contribution in [0.4, 0.5) is 17.1 Å². The number of rotatable bonds is 9. The van der Waals surface area contributed by atoms with Gasteiger partial charge in [-0.15, -0.1) is 5.11 Å². The molecule has 0 unspecified atom stereocenters. The Kier molecular flexibility index (Phi) is 9.19. The first-order valence-electron chi connectivity index (χ1n) is 12.7. The van der Waals surface area contributed by atoms with Gasteiger partial charge in [-0.05, 0) is 69.3 Å². The van der Waals surface area contributed by atoms with Gasteiger partial charge in [0.25, 0.3) is 9.05 Å². The number of hydrogen-bond acceptors (Lipinski definition) is 10. The molecule has 16 heteroatoms. The van der Waals surface area contributed by atoms with E-state index in [-0.39, 0.29) is 44.0 Å². The number of nitrogens with one attached hydrogen (secondary N) is 2. The first-order valence-corrected chi connectivity index (χ1v) is 18.4. The number of benzene rings is 4. The van der Waals surface area contributed by atoms with E-state index in [1.54, 1.807) is 39.0 Å². The SMILES string of the molecule is CC(C)(C)NS(=O)(=O)c1cc(/N=N/c2ccc(S(=O)(=O)Cl)cc2)c2c(NS(C)(=O)=O)cccc2c1OC(=O)c1ccccc1. The van der Waals surface area contributed by atoms with Crippen molar-refractivity contribution in [3.05, 3.63) is 84.4 Å². The Labute approximate surface area is 259 Å². The van der Waals surface area contributed by atoms with E-state index in [9.17, 15) is 30.0 Å². The average Bonchev–Trinajstić information content (AvgIpc) is 2.90. The Hall–Kier alpha value is -3.89. The highest BCUT2D eigenvalue weighted by Crippen LogP contribution is 2.44. The number of sulfonamides is 2. The summed E-state index contributed by atoms with van der Waals surface area (Å²) < 4.78 is 85.9. The van der Waals surface area contributed by atoms with E-state index < -0.39 is 45.5 Å². The fourth-order valence-electron chi connectivity index (χ4n) is 4.05. The Morgan fingerprint density at radius 1 is 0.841 bits per heavy atom. The largest absolute Gasteiger partial charge is 0.421 e. The van der Waals surface area contributed by atoms with E-state index in [1.165, 1.54) is 54.6 Å². The first-order chi connectivity index (χ1) is 20.3. The van der Waals surface area contributed by atoms with Gasteiger partial charge in [0.05, 0.1) is 33.8 Å². The van der Waals surface area contributed by atoms with Crippen molar-refractivity contribution in [3.8, 4) is 5.75 Å². The van der Waals surface area contributed by atoms with Crippen LogP contribution in [-0.4, -0.2) is 43.0 Å². The second-order valence-electron chi connectivity index (χ2n) is 10.6. The van der Waals surface area contributed by atoms with Gasteiger partial charge in [0.2, 0.25) is 20.0 Å². The molecule has 4 aromatic carbocycles. The molecule has 2 N–H and O–H groups in total. The molecule has 0 aliphatic heterocycles. The van der Waals surface area contributed by atoms with Crippen molar-refractivity contribution in [2.24, 2.45) is 10.2 Å². The van der Waals surface area contributed by atoms with Gasteiger partial charge in [-0.3, -0.25) is 4.72 Å². The number of nitrogens with zero attached hydrogens (tertiary/aromatic N) is 2. The molecule has 0 spiro atoms. The molecular formula is C28H27ClN4O8S3. The second kappa shape index (κ2) is 12.2. The number of azo groups is 1. The predicted octanol–water partition coefficient (Wildman–Crippen LogP) is 5.85. The first kappa shape index (κ1) is 33.0. The van der Waals surface area contributed by atoms with Crippen LogP contribution in [0.2, 0.25) is 0 Å². The molecule has 0 aliphatic rings. The van der Waals surface area contributed by atoms with Crippen LogP contribution in [0.5, 0.6) is 5.75 Å². The number of ether oxygens (including phenoxy) is 1. The predicted molar refractivity (Wildman–Crippen MR) is 168 cm³/mol. The van der Waals surface area contributed by atoms with Crippen molar-refractivity contribution < 1.29 is 34.8 Å². The third-order valence-electron chi connectivity index (χ3n) is 5.68. The Morgan fingerprint density at radius 2 is 1.48 bits per heavy atom. The van der Waals surface area contributed by atoms with Gasteiger partial charge in [0, 0.05) is 27.0 Å². The second-order valence-corrected chi connectivity index (χ2v) is 16.5. The fourth-order valence-corrected chi connectivity index (χ4v) is 6.97. The highest BCUT2D eigenvalue weighted by molar-refractivity contribution is 8.13. The van der Waals surface area contributed by atoms with Crippen LogP contribution in [0, 0.1) is 0 Å². The molecule has 0 saturated heterocycles. The van der Waals surface area contributed by atoms with E-state index in [4.69, 9.17) is 15.4 Å². The number of anilines is 1. The molecule has 232 valence electrons. The van der Waals surface area contributed by atoms with Gasteiger partial charge in [-0.25, -0.2) is 34.8 Å². The summed E-state index contributed by atoms with van der Waals surface area (Å²) in [6.07, 6.45) is 0.932. The quantitative estimate of drug-likeness (QED) is 0.0958. The van der Waals surface area contributed by atoms with E-state index in [1.807, 2.05) is 0 Å². The minimum Gasteiger partial charge on any atom is -0.421 e. The number of fused-ring (bicyclic) bond motifs is 1. The lowest BCUT2D eigenvalue weighted by atomic mass is 10.1. The number of carbonyl (C=O) groups is 1. The summed E-state index contributed by atoms with van der Waals surface area (Å²) in [5.74, 6) is -1.22. The van der Waals surface area contributed by atoms with Crippen LogP contribution < -0.4 is 14.2 Å². The fraction of sp³-hybridized carbons (Fsp3) is 0.179. The maximum absolute atomic E-state index is 13.7. The summed E-state index contributed by atoms with van der Waals surface area (Å²) in [5.41, 5.74) is -0.723. The minimum absolute atomic E-state index is 0.00673. The Balaban J connectivity index is 2.02. The maximum Gasteiger partial charge on any atom is 0.343 e. The number of carbonyl (C=O) groups excluding carboxylic acids is 1. The molecular weight excluding hydrogens is 652 g/mol. The van der Waals surface area contributed by atoms with Crippen LogP contribution in [-0.2, 0) is 29.1 Å². The molecule has 0 atom stereocenters. The summed E-state index contributed by atoms with van der Waals surface area (Å²) in [5, 5.41) is 8.44. The number of hydrogen-bond donors (Lipinski definition) is 2. The third-order valence-corrected chi connectivity index (χ3v) is 9.40. The zero-order chi connectivity index (χ0) is 32.5. The van der Waals surface area contributed by atoms with Gasteiger partial charge >= 0.3 is 5.97 Å². The lowest BCUT2D eigenvalue weighted by Gasteiger charge is -2.23. The molecule has 0 fully saturated rings. The highest BCUT2D eigenvalue weighted by Gasteiger charge is 2.30. The lowest BCUT2D eigenvalue weighted by Crippen LogP contribution is -2.40. The van der Waals surface area contributed by atoms with E-state index in [0.29, 0.717) is 0 Å². The Morgan fingerprint density at radius 3 is 2.05 bits per heavy atom. The van der Waals surface area contributed by atoms with Crippen LogP contribution in [0.1, 0.15) is 31.1 Å². The van der Waals surface area contributed by atoms with Crippen LogP contribution in [0.25, 0.3) is 10.8 Å². The van der Waals surface area contributed by atoms with Crippen molar-refractivity contribution >= 4 is 73.6 Å². The molecule has 12 nitrogen and oxygen atoms in total. The number of esters is 1. The van der Waals surface area contributed by atoms with Crippen molar-refractivity contribution in [2.45, 2.75) is 36.1 Å². The monoisotopic (exact) mass is 678 g/mol. The summed E-state index contributed by atoms with van der Waals surface area (Å²) in [6.45, 7) is 4.88. The zero-order valence-corrected chi connectivity index (χ0v) is 27.0. The van der Waals surface area contributed by atoms with Gasteiger partial charge < -0.3 is 4.74 Å². The number of halogens is 1. The van der Waals surface area contributed by atoms with Crippen molar-refractivity contribution in [1.82, 2.24) is 4.72 Å². The maximum atomic E-state index is 13.7. The molecule has 0 saturated carbocycles. The van der Waals surface area contributed by atoms with Crippen LogP contribution in [0.3, 0.4) is 0 Å². The molecule has 0 aliphatic carbocycles. The van der Waals surface area contributed by atoms with Crippen molar-refractivity contribution in [2.75, 3.05) is 11.0 Å². The highest BCUT2D eigenvalue weighted by atomic mass is 35.7. The molecule has 0 amide bonds. The molecule has 0 radical (unpaired) electrons. The van der Waals surface area contributed by atoms with Gasteiger partial charge in [0.15, 0.2) is 5.75 Å². The lowest BCUT2D eigenvalue weighted by molar-refractivity contribution is 0.0732. The molecule has 4 rings (SSSR count). The van der Waals surface area contributed by atoms with E-state index in [2.05, 4.69) is 19.7 Å². The summed E-state index contributed by atoms with van der Waals surface area (Å²) in [7, 11) is -6.85. The summed E-state index contributed by atoms with van der Waals surface area (Å²) >= 11 is 0. The normalized spacial score (nSPS) is 12.8. The molecule has 44 heavy (non-hydrogen) atoms. The summed E-state index contributed by atoms with van der Waals surface area (Å²) in [4.78, 5) is 12.6. The van der Waals surface area contributed by atoms with E-state index in [0.717, 1.165) is 12.3 Å². The molecule has 0 bridgehead atoms. The standard InChI is InChI=1S/C28H27ClN4O8S3/c1-28(2,3)33-44(39,40)24-17-23(31-30-19-13-15-20(16-14-19)43(29,37)38)25-21(11-8-12-22(25)32-42(4,35)36)26(24)41-27(34)18-9-6-5-7-10-18/h5-17,32-33H,1-4H3/b31-30+. The van der Waals surface area contributed by atoms with E-state index >= 15 is 0 Å². The van der Waals surface area contributed by atoms with Crippen molar-refractivity contribution in [1.29, 1.82) is 0 Å². The van der Waals surface area contributed by atoms with Crippen LogP contribution in [0.15, 0.2) is 98.9 Å². The molecule has 0 aromatic heterocycles. The van der Waals surface area contributed by atoms with Gasteiger partial charge in [-0.1, -0.05) is 30.3 Å². The Bertz CT molecular complexity index is 2100. The van der Waals surface area contributed by atoms with Crippen molar-refractivity contribution in [3.63, 3.8) is 0 Å². The molecule has 4 aromatic rings. The topological polar surface area (TPSA) is 177 Å². The third kappa shape index (κ3) is 8.18. The minimum atomic E-state index is -4.39. The van der Waals surface area contributed by atoms with Gasteiger partial charge in [-0.2, -0.15) is 5.11 Å². The molecule has 0 heterocycles. The van der Waals surface area contributed by atoms with Gasteiger partial charge in [0.1, 0.15) is 4.90 Å². The summed E-state index contributed by atoms with van der Waals surface area (Å²) in [6, 6.07) is 18.4. The smallest absolute Gasteiger partial charge is 0.343 e. The average molecular weight is 679 g/mol. The zero-order valence-electron chi connectivity index (χ0n) is 23.8.